The molecule has 0 saturated carbocycles. The Balaban J connectivity index is 1.53. The lowest BCUT2D eigenvalue weighted by Gasteiger charge is -2.08. The van der Waals surface area contributed by atoms with Gasteiger partial charge in [0, 0.05) is 38.5 Å². The van der Waals surface area contributed by atoms with Crippen molar-refractivity contribution in [3.8, 4) is 12.0 Å². The Labute approximate surface area is 237 Å². The molecule has 5 aromatic carbocycles. The lowest BCUT2D eigenvalue weighted by atomic mass is 9.98. The van der Waals surface area contributed by atoms with Crippen molar-refractivity contribution in [1.29, 1.82) is 5.26 Å². The van der Waals surface area contributed by atoms with Gasteiger partial charge in [0.25, 0.3) is 0 Å². The van der Waals surface area contributed by atoms with Gasteiger partial charge in [-0.25, -0.2) is 4.98 Å². The number of nitriles is 1. The summed E-state index contributed by atoms with van der Waals surface area (Å²) < 4.78 is 4.54. The van der Waals surface area contributed by atoms with E-state index in [0.29, 0.717) is 17.0 Å². The van der Waals surface area contributed by atoms with E-state index in [-0.39, 0.29) is 5.69 Å². The van der Waals surface area contributed by atoms with Gasteiger partial charge in [-0.1, -0.05) is 66.7 Å². The fourth-order valence-electron chi connectivity index (χ4n) is 7.12. The number of rotatable bonds is 1. The minimum Gasteiger partial charge on any atom is -0.308 e. The molecule has 0 fully saturated rings. The monoisotopic (exact) mass is 534 g/mol. The molecule has 0 spiro atoms. The second-order valence-electron chi connectivity index (χ2n) is 10.8. The third-order valence-electron chi connectivity index (χ3n) is 8.74. The van der Waals surface area contributed by atoms with Crippen LogP contribution in [-0.4, -0.2) is 23.9 Å². The van der Waals surface area contributed by atoms with Crippen molar-refractivity contribution in [1.82, 2.24) is 23.9 Å². The van der Waals surface area contributed by atoms with E-state index in [0.717, 1.165) is 21.8 Å². The molecule has 0 aliphatic rings. The molecule has 0 N–H and O–H groups in total. The molecule has 0 aliphatic carbocycles. The van der Waals surface area contributed by atoms with Crippen molar-refractivity contribution in [2.24, 2.45) is 0 Å². The zero-order valence-corrected chi connectivity index (χ0v) is 22.1. The molecular weight excluding hydrogens is 516 g/mol. The zero-order chi connectivity index (χ0) is 27.5. The lowest BCUT2D eigenvalue weighted by molar-refractivity contribution is 0.998. The van der Waals surface area contributed by atoms with Crippen LogP contribution in [0.15, 0.2) is 109 Å². The van der Waals surface area contributed by atoms with E-state index in [1.54, 1.807) is 6.20 Å². The number of nitrogens with zero attached hydrogens (tertiary/aromatic N) is 6. The number of pyridine rings is 1. The summed E-state index contributed by atoms with van der Waals surface area (Å²) in [5, 5.41) is 19.6. The number of hydrogen-bond acceptors (Lipinski definition) is 4. The SMILES string of the molecule is N#Cc1nc(-n2c3ccccc3c3c4c5c6ccccc6ccc5n5c6ccccc6c(cc32)c45)nc2cccnc12. The van der Waals surface area contributed by atoms with Crippen LogP contribution in [0.25, 0.3) is 87.7 Å². The third-order valence-corrected chi connectivity index (χ3v) is 8.74. The van der Waals surface area contributed by atoms with E-state index in [4.69, 9.17) is 9.97 Å². The van der Waals surface area contributed by atoms with Gasteiger partial charge in [-0.15, -0.1) is 0 Å². The van der Waals surface area contributed by atoms with E-state index < -0.39 is 0 Å². The van der Waals surface area contributed by atoms with Gasteiger partial charge in [0.2, 0.25) is 5.95 Å². The molecule has 0 bridgehead atoms. The van der Waals surface area contributed by atoms with Crippen LogP contribution < -0.4 is 0 Å². The van der Waals surface area contributed by atoms with Crippen molar-refractivity contribution in [2.75, 3.05) is 0 Å². The van der Waals surface area contributed by atoms with Crippen LogP contribution in [0.5, 0.6) is 0 Å². The Bertz CT molecular complexity index is 2810. The summed E-state index contributed by atoms with van der Waals surface area (Å²) in [4.78, 5) is 14.1. The molecule has 5 aromatic heterocycles. The molecule has 6 heteroatoms. The highest BCUT2D eigenvalue weighted by atomic mass is 15.2. The molecule has 0 atom stereocenters. The highest BCUT2D eigenvalue weighted by molar-refractivity contribution is 6.38. The first-order valence-corrected chi connectivity index (χ1v) is 13.9. The summed E-state index contributed by atoms with van der Waals surface area (Å²) in [7, 11) is 0. The molecule has 0 unspecified atom stereocenters. The summed E-state index contributed by atoms with van der Waals surface area (Å²) in [6, 6.07) is 38.4. The standard InChI is InChI=1S/C36H18N6/c37-19-26-34-25(12-7-17-38-34)39-36(40-26)42-28-14-6-4-11-23(28)32-30(42)18-24-22-10-3-5-13-27(22)41-29-16-15-20-8-1-2-9-21(20)31(29)33(32)35(24)41/h1-18H. The maximum atomic E-state index is 10.0. The van der Waals surface area contributed by atoms with Crippen LogP contribution in [0, 0.1) is 11.3 Å². The summed E-state index contributed by atoms with van der Waals surface area (Å²) in [5.74, 6) is 0.463. The van der Waals surface area contributed by atoms with E-state index in [9.17, 15) is 5.26 Å². The van der Waals surface area contributed by atoms with E-state index in [1.165, 1.54) is 48.9 Å². The molecule has 0 aliphatic heterocycles. The molecule has 42 heavy (non-hydrogen) atoms. The minimum atomic E-state index is 0.264. The number of fused-ring (bicyclic) bond motifs is 13. The van der Waals surface area contributed by atoms with E-state index in [2.05, 4.69) is 105 Å². The predicted octanol–water partition coefficient (Wildman–Crippen LogP) is 8.30. The summed E-state index contributed by atoms with van der Waals surface area (Å²) >= 11 is 0. The van der Waals surface area contributed by atoms with Crippen molar-refractivity contribution in [3.63, 3.8) is 0 Å². The van der Waals surface area contributed by atoms with Gasteiger partial charge < -0.3 is 4.40 Å². The van der Waals surface area contributed by atoms with Crippen molar-refractivity contribution < 1.29 is 0 Å². The number of aromatic nitrogens is 5. The normalized spacial score (nSPS) is 12.3. The second-order valence-corrected chi connectivity index (χ2v) is 10.8. The zero-order valence-electron chi connectivity index (χ0n) is 22.1. The quantitative estimate of drug-likeness (QED) is 0.212. The first-order valence-electron chi connectivity index (χ1n) is 13.9. The molecule has 192 valence electrons. The Morgan fingerprint density at radius 1 is 0.595 bits per heavy atom. The maximum absolute atomic E-state index is 10.0. The molecule has 10 rings (SSSR count). The first kappa shape index (κ1) is 21.7. The topological polar surface area (TPSA) is 71.8 Å². The van der Waals surface area contributed by atoms with Crippen LogP contribution >= 0.6 is 0 Å². The lowest BCUT2D eigenvalue weighted by Crippen LogP contribution is -2.04. The smallest absolute Gasteiger partial charge is 0.236 e. The Morgan fingerprint density at radius 2 is 1.36 bits per heavy atom. The summed E-state index contributed by atoms with van der Waals surface area (Å²) in [6.07, 6.45) is 1.67. The first-order chi connectivity index (χ1) is 20.8. The van der Waals surface area contributed by atoms with Gasteiger partial charge >= 0.3 is 0 Å². The predicted molar refractivity (Wildman–Crippen MR) is 169 cm³/mol. The average molecular weight is 535 g/mol. The summed E-state index contributed by atoms with van der Waals surface area (Å²) in [6.45, 7) is 0. The van der Waals surface area contributed by atoms with Gasteiger partial charge in [0.1, 0.15) is 11.6 Å². The minimum absolute atomic E-state index is 0.264. The number of benzene rings is 5. The Morgan fingerprint density at radius 3 is 2.24 bits per heavy atom. The molecule has 10 aromatic rings. The van der Waals surface area contributed by atoms with Crippen LogP contribution in [0.4, 0.5) is 0 Å². The Kier molecular flexibility index (Phi) is 3.91. The fourth-order valence-corrected chi connectivity index (χ4v) is 7.12. The van der Waals surface area contributed by atoms with E-state index in [1.807, 2.05) is 18.2 Å². The van der Waals surface area contributed by atoms with Gasteiger partial charge in [-0.3, -0.25) is 9.55 Å². The average Bonchev–Trinajstić information content (AvgIpc) is 3.68. The number of hydrogen-bond donors (Lipinski definition) is 0. The fraction of sp³-hybridized carbons (Fsp3) is 0. The largest absolute Gasteiger partial charge is 0.308 e. The molecule has 6 nitrogen and oxygen atoms in total. The van der Waals surface area contributed by atoms with Gasteiger partial charge in [0.15, 0.2) is 5.69 Å². The highest BCUT2D eigenvalue weighted by Crippen LogP contribution is 2.47. The molecular formula is C36H18N6. The van der Waals surface area contributed by atoms with Gasteiger partial charge in [0.05, 0.1) is 33.1 Å². The van der Waals surface area contributed by atoms with Crippen molar-refractivity contribution in [2.45, 2.75) is 0 Å². The van der Waals surface area contributed by atoms with Crippen LogP contribution in [-0.2, 0) is 0 Å². The van der Waals surface area contributed by atoms with Gasteiger partial charge in [-0.05, 0) is 47.2 Å². The Hall–Kier alpha value is -6.06. The second kappa shape index (κ2) is 7.57. The van der Waals surface area contributed by atoms with Crippen LogP contribution in [0.3, 0.4) is 0 Å². The number of para-hydroxylation sites is 2. The van der Waals surface area contributed by atoms with E-state index >= 15 is 0 Å². The van der Waals surface area contributed by atoms with Crippen molar-refractivity contribution >= 4 is 81.7 Å². The molecule has 0 radical (unpaired) electrons. The molecule has 0 saturated heterocycles. The third kappa shape index (κ3) is 2.52. The summed E-state index contributed by atoms with van der Waals surface area (Å²) in [5.41, 5.74) is 7.02. The molecule has 5 heterocycles. The van der Waals surface area contributed by atoms with Crippen LogP contribution in [0.2, 0.25) is 0 Å². The van der Waals surface area contributed by atoms with Crippen molar-refractivity contribution in [3.05, 3.63) is 115 Å². The van der Waals surface area contributed by atoms with Crippen LogP contribution in [0.1, 0.15) is 5.69 Å². The molecule has 0 amide bonds. The highest BCUT2D eigenvalue weighted by Gasteiger charge is 2.25. The maximum Gasteiger partial charge on any atom is 0.236 e. The van der Waals surface area contributed by atoms with Gasteiger partial charge in [-0.2, -0.15) is 10.2 Å².